The lowest BCUT2D eigenvalue weighted by Gasteiger charge is -2.01. The van der Waals surface area contributed by atoms with Crippen LogP contribution in [-0.2, 0) is 0 Å². The first-order valence-corrected chi connectivity index (χ1v) is 6.35. The standard InChI is InChI=1S/C10H23NS/c1-3-5-6-7-9-12-10-8-11-4-2/h11H,3-10H2,1-2H3. The SMILES string of the molecule is CCCCCCSCCNCC. The molecule has 0 aromatic rings. The topological polar surface area (TPSA) is 12.0 Å². The maximum Gasteiger partial charge on any atom is 0.00580 e. The van der Waals surface area contributed by atoms with Gasteiger partial charge in [-0.2, -0.15) is 11.8 Å². The van der Waals surface area contributed by atoms with Crippen molar-refractivity contribution in [2.75, 3.05) is 24.6 Å². The van der Waals surface area contributed by atoms with Crippen molar-refractivity contribution in [3.63, 3.8) is 0 Å². The second-order valence-electron chi connectivity index (χ2n) is 3.03. The minimum atomic E-state index is 1.11. The van der Waals surface area contributed by atoms with Crippen molar-refractivity contribution in [1.82, 2.24) is 5.32 Å². The van der Waals surface area contributed by atoms with Crippen LogP contribution < -0.4 is 5.32 Å². The molecule has 0 amide bonds. The highest BCUT2D eigenvalue weighted by atomic mass is 32.2. The Hall–Kier alpha value is 0.310. The van der Waals surface area contributed by atoms with Crippen LogP contribution in [0.2, 0.25) is 0 Å². The first kappa shape index (κ1) is 12.3. The van der Waals surface area contributed by atoms with Crippen LogP contribution in [0, 0.1) is 0 Å². The lowest BCUT2D eigenvalue weighted by Crippen LogP contribution is -2.15. The van der Waals surface area contributed by atoms with Gasteiger partial charge in [0.25, 0.3) is 0 Å². The maximum absolute atomic E-state index is 3.33. The first-order valence-electron chi connectivity index (χ1n) is 5.20. The molecular weight excluding hydrogens is 166 g/mol. The number of unbranched alkanes of at least 4 members (excludes halogenated alkanes) is 3. The fourth-order valence-corrected chi connectivity index (χ4v) is 1.96. The molecule has 0 unspecified atom stereocenters. The minimum Gasteiger partial charge on any atom is -0.316 e. The summed E-state index contributed by atoms with van der Waals surface area (Å²) in [6.45, 7) is 6.70. The monoisotopic (exact) mass is 189 g/mol. The van der Waals surface area contributed by atoms with E-state index in [1.807, 2.05) is 0 Å². The zero-order chi connectivity index (χ0) is 9.07. The Labute approximate surface area is 81.7 Å². The normalized spacial score (nSPS) is 10.5. The lowest BCUT2D eigenvalue weighted by atomic mass is 10.2. The number of hydrogen-bond donors (Lipinski definition) is 1. The molecule has 0 fully saturated rings. The van der Waals surface area contributed by atoms with Crippen LogP contribution in [-0.4, -0.2) is 24.6 Å². The fourth-order valence-electron chi connectivity index (χ4n) is 1.05. The summed E-state index contributed by atoms with van der Waals surface area (Å²) in [7, 11) is 0. The van der Waals surface area contributed by atoms with Gasteiger partial charge in [-0.25, -0.2) is 0 Å². The summed E-state index contributed by atoms with van der Waals surface area (Å²) in [4.78, 5) is 0. The van der Waals surface area contributed by atoms with Crippen molar-refractivity contribution in [3.8, 4) is 0 Å². The molecule has 0 aromatic carbocycles. The molecule has 1 nitrogen and oxygen atoms in total. The number of rotatable bonds is 9. The molecule has 0 heterocycles. The van der Waals surface area contributed by atoms with E-state index in [9.17, 15) is 0 Å². The van der Waals surface area contributed by atoms with Gasteiger partial charge in [0.1, 0.15) is 0 Å². The van der Waals surface area contributed by atoms with Crippen molar-refractivity contribution < 1.29 is 0 Å². The second kappa shape index (κ2) is 11.3. The average molecular weight is 189 g/mol. The molecule has 2 heteroatoms. The van der Waals surface area contributed by atoms with E-state index in [0.717, 1.165) is 6.54 Å². The number of nitrogens with one attached hydrogen (secondary N) is 1. The quantitative estimate of drug-likeness (QED) is 0.560. The van der Waals surface area contributed by atoms with Gasteiger partial charge in [-0.3, -0.25) is 0 Å². The van der Waals surface area contributed by atoms with Crippen LogP contribution in [0.4, 0.5) is 0 Å². The highest BCUT2D eigenvalue weighted by Crippen LogP contribution is 2.06. The van der Waals surface area contributed by atoms with Crippen molar-refractivity contribution in [2.24, 2.45) is 0 Å². The highest BCUT2D eigenvalue weighted by molar-refractivity contribution is 7.99. The van der Waals surface area contributed by atoms with Gasteiger partial charge >= 0.3 is 0 Å². The Kier molecular flexibility index (Phi) is 11.6. The first-order chi connectivity index (χ1) is 5.91. The van der Waals surface area contributed by atoms with Gasteiger partial charge in [-0.1, -0.05) is 33.1 Å². The summed E-state index contributed by atoms with van der Waals surface area (Å²) in [5.74, 6) is 2.63. The summed E-state index contributed by atoms with van der Waals surface area (Å²) in [6.07, 6.45) is 5.59. The van der Waals surface area contributed by atoms with Crippen LogP contribution in [0.15, 0.2) is 0 Å². The fraction of sp³-hybridized carbons (Fsp3) is 1.00. The molecule has 0 bridgehead atoms. The molecule has 0 saturated carbocycles. The second-order valence-corrected chi connectivity index (χ2v) is 4.25. The Morgan fingerprint density at radius 2 is 1.83 bits per heavy atom. The molecule has 0 atom stereocenters. The third-order valence-corrected chi connectivity index (χ3v) is 2.89. The number of hydrogen-bond acceptors (Lipinski definition) is 2. The van der Waals surface area contributed by atoms with Gasteiger partial charge in [0, 0.05) is 12.3 Å². The molecule has 1 N–H and O–H groups in total. The van der Waals surface area contributed by atoms with Gasteiger partial charge < -0.3 is 5.32 Å². The van der Waals surface area contributed by atoms with Gasteiger partial charge in [0.2, 0.25) is 0 Å². The van der Waals surface area contributed by atoms with E-state index in [2.05, 4.69) is 30.9 Å². The maximum atomic E-state index is 3.33. The zero-order valence-corrected chi connectivity index (χ0v) is 9.38. The summed E-state index contributed by atoms with van der Waals surface area (Å²) >= 11 is 2.08. The van der Waals surface area contributed by atoms with Crippen LogP contribution >= 0.6 is 11.8 Å². The molecule has 74 valence electrons. The van der Waals surface area contributed by atoms with E-state index < -0.39 is 0 Å². The summed E-state index contributed by atoms with van der Waals surface area (Å²) in [5.41, 5.74) is 0. The van der Waals surface area contributed by atoms with Crippen molar-refractivity contribution in [3.05, 3.63) is 0 Å². The van der Waals surface area contributed by atoms with Crippen molar-refractivity contribution in [2.45, 2.75) is 39.5 Å². The molecule has 0 rings (SSSR count). The number of thioether (sulfide) groups is 1. The Morgan fingerprint density at radius 3 is 2.50 bits per heavy atom. The predicted octanol–water partition coefficient (Wildman–Crippen LogP) is 2.91. The van der Waals surface area contributed by atoms with E-state index in [4.69, 9.17) is 0 Å². The highest BCUT2D eigenvalue weighted by Gasteiger charge is 1.89. The Morgan fingerprint density at radius 1 is 1.00 bits per heavy atom. The summed E-state index contributed by atoms with van der Waals surface area (Å²) < 4.78 is 0. The van der Waals surface area contributed by atoms with Crippen LogP contribution in [0.3, 0.4) is 0 Å². The van der Waals surface area contributed by atoms with Gasteiger partial charge in [-0.15, -0.1) is 0 Å². The zero-order valence-electron chi connectivity index (χ0n) is 8.57. The molecule has 0 aliphatic heterocycles. The van der Waals surface area contributed by atoms with E-state index in [1.54, 1.807) is 0 Å². The summed E-state index contributed by atoms with van der Waals surface area (Å²) in [6, 6.07) is 0. The average Bonchev–Trinajstić information content (AvgIpc) is 2.10. The molecule has 0 aromatic heterocycles. The lowest BCUT2D eigenvalue weighted by molar-refractivity contribution is 0.706. The smallest absolute Gasteiger partial charge is 0.00580 e. The molecule has 0 aliphatic rings. The third-order valence-electron chi connectivity index (χ3n) is 1.82. The molecule has 0 aliphatic carbocycles. The van der Waals surface area contributed by atoms with Gasteiger partial charge in [0.05, 0.1) is 0 Å². The molecule has 0 saturated heterocycles. The van der Waals surface area contributed by atoms with Gasteiger partial charge in [-0.05, 0) is 18.7 Å². The summed E-state index contributed by atoms with van der Waals surface area (Å²) in [5, 5.41) is 3.33. The largest absolute Gasteiger partial charge is 0.316 e. The molecule has 12 heavy (non-hydrogen) atoms. The Balaban J connectivity index is 2.73. The molecular formula is C10H23NS. The van der Waals surface area contributed by atoms with Crippen LogP contribution in [0.5, 0.6) is 0 Å². The van der Waals surface area contributed by atoms with Crippen molar-refractivity contribution >= 4 is 11.8 Å². The third kappa shape index (κ3) is 10.3. The Bertz CT molecular complexity index is 66.2. The molecule has 0 spiro atoms. The van der Waals surface area contributed by atoms with E-state index in [1.165, 1.54) is 43.7 Å². The van der Waals surface area contributed by atoms with Crippen LogP contribution in [0.1, 0.15) is 39.5 Å². The minimum absolute atomic E-state index is 1.11. The molecule has 0 radical (unpaired) electrons. The van der Waals surface area contributed by atoms with Crippen molar-refractivity contribution in [1.29, 1.82) is 0 Å². The van der Waals surface area contributed by atoms with Gasteiger partial charge in [0.15, 0.2) is 0 Å². The van der Waals surface area contributed by atoms with E-state index >= 15 is 0 Å². The predicted molar refractivity (Wildman–Crippen MR) is 60.0 cm³/mol. The van der Waals surface area contributed by atoms with Crippen LogP contribution in [0.25, 0.3) is 0 Å². The van der Waals surface area contributed by atoms with E-state index in [-0.39, 0.29) is 0 Å². The van der Waals surface area contributed by atoms with E-state index in [0.29, 0.717) is 0 Å².